The maximum atomic E-state index is 11.4. The van der Waals surface area contributed by atoms with Crippen LogP contribution in [-0.4, -0.2) is 27.5 Å². The van der Waals surface area contributed by atoms with Crippen LogP contribution in [0.25, 0.3) is 0 Å². The molecule has 2 aromatic rings. The topological polar surface area (TPSA) is 65.0 Å². The standard InChI is InChI=1S/C12H11N3O2S/c1-2-17-11(16)9-4-5-10(15-8-9)18-12-13-6-3-7-14-12/h3-8H,2H2,1H3. The van der Waals surface area contributed by atoms with Crippen molar-refractivity contribution >= 4 is 17.7 Å². The van der Waals surface area contributed by atoms with E-state index in [1.54, 1.807) is 37.5 Å². The number of carbonyl (C=O) groups is 1. The number of esters is 1. The second-order valence-corrected chi connectivity index (χ2v) is 4.23. The molecule has 0 unspecified atom stereocenters. The van der Waals surface area contributed by atoms with E-state index < -0.39 is 0 Å². The Labute approximate surface area is 109 Å². The number of rotatable bonds is 4. The van der Waals surface area contributed by atoms with E-state index in [-0.39, 0.29) is 5.97 Å². The molecular formula is C12H11N3O2S. The van der Waals surface area contributed by atoms with Crippen molar-refractivity contribution in [3.8, 4) is 0 Å². The summed E-state index contributed by atoms with van der Waals surface area (Å²) < 4.78 is 4.88. The lowest BCUT2D eigenvalue weighted by Crippen LogP contribution is -2.04. The van der Waals surface area contributed by atoms with Gasteiger partial charge in [-0.15, -0.1) is 0 Å². The van der Waals surface area contributed by atoms with Crippen molar-refractivity contribution in [2.75, 3.05) is 6.61 Å². The van der Waals surface area contributed by atoms with Gasteiger partial charge in [-0.2, -0.15) is 0 Å². The maximum Gasteiger partial charge on any atom is 0.339 e. The Hall–Kier alpha value is -1.95. The van der Waals surface area contributed by atoms with Crippen molar-refractivity contribution in [2.24, 2.45) is 0 Å². The highest BCUT2D eigenvalue weighted by molar-refractivity contribution is 7.99. The molecule has 2 rings (SSSR count). The van der Waals surface area contributed by atoms with Gasteiger partial charge < -0.3 is 4.74 Å². The fourth-order valence-electron chi connectivity index (χ4n) is 1.21. The van der Waals surface area contributed by atoms with Crippen molar-refractivity contribution in [3.05, 3.63) is 42.4 Å². The van der Waals surface area contributed by atoms with Crippen LogP contribution in [0.4, 0.5) is 0 Å². The number of carbonyl (C=O) groups excluding carboxylic acids is 1. The Morgan fingerprint density at radius 3 is 2.67 bits per heavy atom. The highest BCUT2D eigenvalue weighted by atomic mass is 32.2. The van der Waals surface area contributed by atoms with Gasteiger partial charge in [-0.3, -0.25) is 0 Å². The number of ether oxygens (including phenoxy) is 1. The van der Waals surface area contributed by atoms with Crippen LogP contribution < -0.4 is 0 Å². The van der Waals surface area contributed by atoms with Gasteiger partial charge in [-0.05, 0) is 36.9 Å². The largest absolute Gasteiger partial charge is 0.462 e. The quantitative estimate of drug-likeness (QED) is 0.621. The predicted molar refractivity (Wildman–Crippen MR) is 66.3 cm³/mol. The zero-order valence-corrected chi connectivity index (χ0v) is 10.6. The van der Waals surface area contributed by atoms with Gasteiger partial charge in [0.05, 0.1) is 12.2 Å². The molecule has 0 fully saturated rings. The number of nitrogens with zero attached hydrogens (tertiary/aromatic N) is 3. The fourth-order valence-corrected chi connectivity index (χ4v) is 1.86. The number of hydrogen-bond donors (Lipinski definition) is 0. The lowest BCUT2D eigenvalue weighted by atomic mass is 10.3. The summed E-state index contributed by atoms with van der Waals surface area (Å²) >= 11 is 1.34. The molecule has 0 spiro atoms. The van der Waals surface area contributed by atoms with E-state index in [0.717, 1.165) is 5.03 Å². The predicted octanol–water partition coefficient (Wildman–Crippen LogP) is 2.20. The van der Waals surface area contributed by atoms with E-state index in [2.05, 4.69) is 15.0 Å². The Bertz CT molecular complexity index is 517. The lowest BCUT2D eigenvalue weighted by molar-refractivity contribution is 0.0525. The van der Waals surface area contributed by atoms with Gasteiger partial charge in [0.15, 0.2) is 5.16 Å². The Balaban J connectivity index is 2.06. The summed E-state index contributed by atoms with van der Waals surface area (Å²) in [4.78, 5) is 23.7. The maximum absolute atomic E-state index is 11.4. The highest BCUT2D eigenvalue weighted by Crippen LogP contribution is 2.21. The molecule has 0 aromatic carbocycles. The van der Waals surface area contributed by atoms with Crippen molar-refractivity contribution in [1.29, 1.82) is 0 Å². The Morgan fingerprint density at radius 1 is 1.28 bits per heavy atom. The zero-order valence-electron chi connectivity index (χ0n) is 9.74. The van der Waals surface area contributed by atoms with Gasteiger partial charge in [-0.1, -0.05) is 0 Å². The molecule has 0 aliphatic carbocycles. The van der Waals surface area contributed by atoms with Gasteiger partial charge in [-0.25, -0.2) is 19.7 Å². The summed E-state index contributed by atoms with van der Waals surface area (Å²) in [6.45, 7) is 2.12. The van der Waals surface area contributed by atoms with Crippen LogP contribution in [0.15, 0.2) is 47.0 Å². The van der Waals surface area contributed by atoms with Gasteiger partial charge in [0, 0.05) is 18.6 Å². The van der Waals surface area contributed by atoms with E-state index >= 15 is 0 Å². The summed E-state index contributed by atoms with van der Waals surface area (Å²) in [5.74, 6) is -0.363. The van der Waals surface area contributed by atoms with Crippen molar-refractivity contribution < 1.29 is 9.53 Å². The number of hydrogen-bond acceptors (Lipinski definition) is 6. The van der Waals surface area contributed by atoms with E-state index in [4.69, 9.17) is 4.74 Å². The third kappa shape index (κ3) is 3.27. The molecule has 0 bridgehead atoms. The smallest absolute Gasteiger partial charge is 0.339 e. The highest BCUT2D eigenvalue weighted by Gasteiger charge is 2.07. The second kappa shape index (κ2) is 6.11. The van der Waals surface area contributed by atoms with E-state index in [1.165, 1.54) is 18.0 Å². The molecule has 6 heteroatoms. The van der Waals surface area contributed by atoms with Crippen LogP contribution >= 0.6 is 11.8 Å². The van der Waals surface area contributed by atoms with Crippen molar-refractivity contribution in [3.63, 3.8) is 0 Å². The van der Waals surface area contributed by atoms with Crippen LogP contribution in [0.2, 0.25) is 0 Å². The molecule has 0 aliphatic rings. The van der Waals surface area contributed by atoms with Crippen LogP contribution in [0.3, 0.4) is 0 Å². The third-order valence-corrected chi connectivity index (χ3v) is 2.83. The normalized spacial score (nSPS) is 10.1. The zero-order chi connectivity index (χ0) is 12.8. The van der Waals surface area contributed by atoms with E-state index in [1.807, 2.05) is 0 Å². The molecule has 0 saturated heterocycles. The van der Waals surface area contributed by atoms with Gasteiger partial charge in [0.25, 0.3) is 0 Å². The van der Waals surface area contributed by atoms with Crippen LogP contribution in [0, 0.1) is 0 Å². The molecule has 0 N–H and O–H groups in total. The minimum Gasteiger partial charge on any atom is -0.462 e. The van der Waals surface area contributed by atoms with Gasteiger partial charge >= 0.3 is 5.97 Å². The molecule has 18 heavy (non-hydrogen) atoms. The average Bonchev–Trinajstić information content (AvgIpc) is 2.41. The summed E-state index contributed by atoms with van der Waals surface area (Å²) in [5.41, 5.74) is 0.440. The first-order valence-electron chi connectivity index (χ1n) is 5.37. The number of aromatic nitrogens is 3. The minimum atomic E-state index is -0.363. The molecule has 0 atom stereocenters. The summed E-state index contributed by atoms with van der Waals surface area (Å²) in [5, 5.41) is 1.35. The first-order valence-corrected chi connectivity index (χ1v) is 6.19. The molecule has 0 radical (unpaired) electrons. The van der Waals surface area contributed by atoms with Gasteiger partial charge in [0.2, 0.25) is 0 Å². The van der Waals surface area contributed by atoms with Crippen LogP contribution in [-0.2, 0) is 4.74 Å². The SMILES string of the molecule is CCOC(=O)c1ccc(Sc2ncccn2)nc1. The molecule has 92 valence electrons. The van der Waals surface area contributed by atoms with Crippen LogP contribution in [0.5, 0.6) is 0 Å². The summed E-state index contributed by atoms with van der Waals surface area (Å²) in [7, 11) is 0. The number of pyridine rings is 1. The van der Waals surface area contributed by atoms with Crippen molar-refractivity contribution in [2.45, 2.75) is 17.1 Å². The second-order valence-electron chi connectivity index (χ2n) is 3.24. The monoisotopic (exact) mass is 261 g/mol. The average molecular weight is 261 g/mol. The minimum absolute atomic E-state index is 0.354. The van der Waals surface area contributed by atoms with E-state index in [9.17, 15) is 4.79 Å². The van der Waals surface area contributed by atoms with E-state index in [0.29, 0.717) is 17.3 Å². The molecule has 5 nitrogen and oxygen atoms in total. The molecule has 2 heterocycles. The molecular weight excluding hydrogens is 250 g/mol. The first kappa shape index (κ1) is 12.5. The third-order valence-electron chi connectivity index (χ3n) is 1.99. The lowest BCUT2D eigenvalue weighted by Gasteiger charge is -2.02. The molecule has 0 saturated carbocycles. The first-order chi connectivity index (χ1) is 8.79. The van der Waals surface area contributed by atoms with Crippen LogP contribution in [0.1, 0.15) is 17.3 Å². The van der Waals surface area contributed by atoms with Gasteiger partial charge in [0.1, 0.15) is 5.03 Å². The Kier molecular flexibility index (Phi) is 4.25. The molecule has 2 aromatic heterocycles. The molecule has 0 amide bonds. The summed E-state index contributed by atoms with van der Waals surface area (Å²) in [6, 6.07) is 5.17. The summed E-state index contributed by atoms with van der Waals surface area (Å²) in [6.07, 6.45) is 4.83. The van der Waals surface area contributed by atoms with Crippen molar-refractivity contribution in [1.82, 2.24) is 15.0 Å². The fraction of sp³-hybridized carbons (Fsp3) is 0.167. The molecule has 0 aliphatic heterocycles. The Morgan fingerprint density at radius 2 is 2.06 bits per heavy atom.